The molecule has 3 rings (SSSR count). The third-order valence-electron chi connectivity index (χ3n) is 3.60. The summed E-state index contributed by atoms with van der Waals surface area (Å²) in [4.78, 5) is 6.84. The zero-order valence-electron chi connectivity index (χ0n) is 11.9. The number of morpholine rings is 1. The highest BCUT2D eigenvalue weighted by Gasteiger charge is 2.20. The van der Waals surface area contributed by atoms with Crippen LogP contribution in [0.2, 0.25) is 0 Å². The number of nitrogens with zero attached hydrogens (tertiary/aromatic N) is 3. The molecule has 0 saturated carbocycles. The molecule has 5 nitrogen and oxygen atoms in total. The summed E-state index contributed by atoms with van der Waals surface area (Å²) in [5.74, 6) is 1.05. The van der Waals surface area contributed by atoms with Crippen molar-refractivity contribution in [2.45, 2.75) is 12.6 Å². The van der Waals surface area contributed by atoms with Gasteiger partial charge in [-0.15, -0.1) is 12.4 Å². The quantitative estimate of drug-likeness (QED) is 0.929. The summed E-state index contributed by atoms with van der Waals surface area (Å²) in [5.41, 5.74) is 6.83. The Bertz CT molecular complexity index is 546. The third-order valence-corrected chi connectivity index (χ3v) is 3.60. The van der Waals surface area contributed by atoms with Crippen molar-refractivity contribution in [1.82, 2.24) is 14.5 Å². The van der Waals surface area contributed by atoms with Crippen LogP contribution in [-0.4, -0.2) is 46.8 Å². The molecule has 114 valence electrons. The molecule has 21 heavy (non-hydrogen) atoms. The van der Waals surface area contributed by atoms with Crippen LogP contribution in [0.15, 0.2) is 42.7 Å². The van der Waals surface area contributed by atoms with E-state index in [0.29, 0.717) is 6.54 Å². The maximum absolute atomic E-state index is 5.69. The lowest BCUT2D eigenvalue weighted by Gasteiger charge is -2.32. The van der Waals surface area contributed by atoms with Crippen molar-refractivity contribution < 1.29 is 4.74 Å². The lowest BCUT2D eigenvalue weighted by Crippen LogP contribution is -2.45. The molecule has 2 N–H and O–H groups in total. The molecule has 0 radical (unpaired) electrons. The van der Waals surface area contributed by atoms with E-state index in [1.807, 2.05) is 30.6 Å². The Hall–Kier alpha value is -1.40. The Morgan fingerprint density at radius 3 is 2.86 bits per heavy atom. The molecule has 2 aromatic rings. The number of benzene rings is 1. The summed E-state index contributed by atoms with van der Waals surface area (Å²) in [6, 6.07) is 10.3. The van der Waals surface area contributed by atoms with Crippen LogP contribution >= 0.6 is 12.4 Å². The van der Waals surface area contributed by atoms with Gasteiger partial charge in [-0.25, -0.2) is 4.98 Å². The Kier molecular flexibility index (Phi) is 5.76. The van der Waals surface area contributed by atoms with E-state index in [9.17, 15) is 0 Å². The number of aromatic nitrogens is 2. The smallest absolute Gasteiger partial charge is 0.127 e. The molecule has 0 amide bonds. The van der Waals surface area contributed by atoms with Gasteiger partial charge in [0.15, 0.2) is 0 Å². The van der Waals surface area contributed by atoms with E-state index in [0.717, 1.165) is 37.8 Å². The highest BCUT2D eigenvalue weighted by molar-refractivity contribution is 5.85. The molecule has 1 unspecified atom stereocenters. The van der Waals surface area contributed by atoms with Gasteiger partial charge in [-0.1, -0.05) is 18.2 Å². The van der Waals surface area contributed by atoms with Crippen LogP contribution in [0.3, 0.4) is 0 Å². The number of halogens is 1. The Labute approximate surface area is 131 Å². The molecular weight excluding hydrogens is 288 g/mol. The van der Waals surface area contributed by atoms with Crippen LogP contribution < -0.4 is 5.73 Å². The van der Waals surface area contributed by atoms with Gasteiger partial charge in [0, 0.05) is 37.7 Å². The topological polar surface area (TPSA) is 56.3 Å². The summed E-state index contributed by atoms with van der Waals surface area (Å²) in [6.07, 6.45) is 4.00. The molecule has 1 aliphatic rings. The normalized spacial score (nSPS) is 19.2. The molecule has 2 heterocycles. The summed E-state index contributed by atoms with van der Waals surface area (Å²) in [6.45, 7) is 3.94. The highest BCUT2D eigenvalue weighted by atomic mass is 35.5. The fourth-order valence-corrected chi connectivity index (χ4v) is 2.54. The molecule has 0 aliphatic carbocycles. The Balaban J connectivity index is 0.00000161. The molecule has 1 saturated heterocycles. The van der Waals surface area contributed by atoms with E-state index in [2.05, 4.69) is 26.6 Å². The van der Waals surface area contributed by atoms with Gasteiger partial charge in [-0.05, 0) is 12.1 Å². The zero-order chi connectivity index (χ0) is 13.8. The summed E-state index contributed by atoms with van der Waals surface area (Å²) < 4.78 is 7.73. The first-order chi connectivity index (χ1) is 9.86. The molecule has 6 heteroatoms. The lowest BCUT2D eigenvalue weighted by atomic mass is 10.2. The van der Waals surface area contributed by atoms with Crippen molar-refractivity contribution in [3.05, 3.63) is 48.5 Å². The van der Waals surface area contributed by atoms with Gasteiger partial charge in [0.1, 0.15) is 5.82 Å². The standard InChI is InChI=1S/C15H20N4O.ClH/c16-10-14-11-18(8-9-20-14)12-15-17-6-7-19(15)13-4-2-1-3-5-13;/h1-7,14H,8-12,16H2;1H. The zero-order valence-corrected chi connectivity index (χ0v) is 12.7. The highest BCUT2D eigenvalue weighted by Crippen LogP contribution is 2.13. The maximum atomic E-state index is 5.69. The average molecular weight is 309 g/mol. The minimum atomic E-state index is 0. The number of nitrogens with two attached hydrogens (primary N) is 1. The summed E-state index contributed by atoms with van der Waals surface area (Å²) >= 11 is 0. The molecule has 0 spiro atoms. The molecule has 1 atom stereocenters. The van der Waals surface area contributed by atoms with Crippen LogP contribution in [0.25, 0.3) is 5.69 Å². The van der Waals surface area contributed by atoms with E-state index in [4.69, 9.17) is 10.5 Å². The predicted molar refractivity (Wildman–Crippen MR) is 84.9 cm³/mol. The van der Waals surface area contributed by atoms with Gasteiger partial charge >= 0.3 is 0 Å². The number of rotatable bonds is 4. The van der Waals surface area contributed by atoms with Crippen LogP contribution in [0.1, 0.15) is 5.82 Å². The largest absolute Gasteiger partial charge is 0.374 e. The second-order valence-corrected chi connectivity index (χ2v) is 5.01. The van der Waals surface area contributed by atoms with E-state index in [-0.39, 0.29) is 18.5 Å². The Morgan fingerprint density at radius 2 is 2.10 bits per heavy atom. The van der Waals surface area contributed by atoms with Crippen molar-refractivity contribution >= 4 is 12.4 Å². The molecule has 1 aromatic heterocycles. The van der Waals surface area contributed by atoms with Crippen LogP contribution in [-0.2, 0) is 11.3 Å². The first-order valence-corrected chi connectivity index (χ1v) is 6.98. The minimum absolute atomic E-state index is 0. The maximum Gasteiger partial charge on any atom is 0.127 e. The number of hydrogen-bond donors (Lipinski definition) is 1. The first-order valence-electron chi connectivity index (χ1n) is 6.98. The molecule has 1 aliphatic heterocycles. The second-order valence-electron chi connectivity index (χ2n) is 5.01. The van der Waals surface area contributed by atoms with Crippen LogP contribution in [0.4, 0.5) is 0 Å². The number of hydrogen-bond acceptors (Lipinski definition) is 4. The van der Waals surface area contributed by atoms with Gasteiger partial charge in [0.25, 0.3) is 0 Å². The van der Waals surface area contributed by atoms with E-state index in [1.54, 1.807) is 0 Å². The monoisotopic (exact) mass is 308 g/mol. The number of imidazole rings is 1. The van der Waals surface area contributed by atoms with Crippen molar-refractivity contribution in [3.8, 4) is 5.69 Å². The predicted octanol–water partition coefficient (Wildman–Crippen LogP) is 1.45. The van der Waals surface area contributed by atoms with Crippen LogP contribution in [0, 0.1) is 0 Å². The number of ether oxygens (including phenoxy) is 1. The molecule has 1 aromatic carbocycles. The van der Waals surface area contributed by atoms with Gasteiger partial charge in [0.2, 0.25) is 0 Å². The van der Waals surface area contributed by atoms with Gasteiger partial charge < -0.3 is 15.0 Å². The fourth-order valence-electron chi connectivity index (χ4n) is 2.54. The SMILES string of the molecule is Cl.NCC1CN(Cc2nccn2-c2ccccc2)CCO1. The molecule has 0 bridgehead atoms. The Morgan fingerprint density at radius 1 is 1.29 bits per heavy atom. The van der Waals surface area contributed by atoms with Crippen molar-refractivity contribution in [2.75, 3.05) is 26.2 Å². The van der Waals surface area contributed by atoms with Crippen molar-refractivity contribution in [2.24, 2.45) is 5.73 Å². The summed E-state index contributed by atoms with van der Waals surface area (Å²) in [5, 5.41) is 0. The van der Waals surface area contributed by atoms with E-state index < -0.39 is 0 Å². The second kappa shape index (κ2) is 7.56. The minimum Gasteiger partial charge on any atom is -0.374 e. The third kappa shape index (κ3) is 3.83. The first kappa shape index (κ1) is 16.0. The van der Waals surface area contributed by atoms with Gasteiger partial charge in [-0.2, -0.15) is 0 Å². The van der Waals surface area contributed by atoms with Crippen molar-refractivity contribution in [3.63, 3.8) is 0 Å². The fraction of sp³-hybridized carbons (Fsp3) is 0.400. The van der Waals surface area contributed by atoms with Crippen molar-refractivity contribution in [1.29, 1.82) is 0 Å². The molecule has 1 fully saturated rings. The van der Waals surface area contributed by atoms with E-state index >= 15 is 0 Å². The van der Waals surface area contributed by atoms with E-state index in [1.165, 1.54) is 0 Å². The summed E-state index contributed by atoms with van der Waals surface area (Å²) in [7, 11) is 0. The average Bonchev–Trinajstić information content (AvgIpc) is 2.96. The van der Waals surface area contributed by atoms with Gasteiger partial charge in [0.05, 0.1) is 19.3 Å². The van der Waals surface area contributed by atoms with Crippen LogP contribution in [0.5, 0.6) is 0 Å². The molecular formula is C15H21ClN4O. The van der Waals surface area contributed by atoms with Gasteiger partial charge in [-0.3, -0.25) is 4.90 Å². The number of para-hydroxylation sites is 1. The lowest BCUT2D eigenvalue weighted by molar-refractivity contribution is -0.0269.